The first-order valence-electron chi connectivity index (χ1n) is 8.92. The fourth-order valence-corrected chi connectivity index (χ4v) is 3.47. The van der Waals surface area contributed by atoms with Gasteiger partial charge in [-0.15, -0.1) is 0 Å². The van der Waals surface area contributed by atoms with E-state index >= 15 is 0 Å². The minimum absolute atomic E-state index is 0.0639. The first kappa shape index (κ1) is 22.9. The van der Waals surface area contributed by atoms with Gasteiger partial charge in [0.15, 0.2) is 6.10 Å². The van der Waals surface area contributed by atoms with E-state index in [1.54, 1.807) is 30.3 Å². The van der Waals surface area contributed by atoms with Crippen molar-refractivity contribution in [3.63, 3.8) is 0 Å². The Balaban J connectivity index is 1.87. The second kappa shape index (κ2) is 9.87. The van der Waals surface area contributed by atoms with Crippen LogP contribution < -0.4 is 15.6 Å². The number of hydrogen-bond acceptors (Lipinski definition) is 6. The lowest BCUT2D eigenvalue weighted by Crippen LogP contribution is -2.50. The van der Waals surface area contributed by atoms with E-state index in [4.69, 9.17) is 10.00 Å². The number of hydrazine groups is 1. The molecule has 0 bridgehead atoms. The van der Waals surface area contributed by atoms with Crippen molar-refractivity contribution < 1.29 is 22.7 Å². The molecule has 10 heteroatoms. The van der Waals surface area contributed by atoms with Crippen molar-refractivity contribution >= 4 is 21.8 Å². The Kier molecular flexibility index (Phi) is 7.52. The molecule has 0 aliphatic heterocycles. The van der Waals surface area contributed by atoms with Crippen LogP contribution in [-0.4, -0.2) is 44.2 Å². The maximum Gasteiger partial charge on any atom is 0.279 e. The maximum absolute atomic E-state index is 12.5. The smallest absolute Gasteiger partial charge is 0.279 e. The summed E-state index contributed by atoms with van der Waals surface area (Å²) < 4.78 is 31.3. The van der Waals surface area contributed by atoms with E-state index in [2.05, 4.69) is 10.9 Å². The zero-order valence-electron chi connectivity index (χ0n) is 16.7. The summed E-state index contributed by atoms with van der Waals surface area (Å²) in [7, 11) is -2.58. The zero-order valence-corrected chi connectivity index (χ0v) is 17.6. The van der Waals surface area contributed by atoms with Crippen LogP contribution in [0.1, 0.15) is 18.1 Å². The van der Waals surface area contributed by atoms with Crippen LogP contribution in [0.5, 0.6) is 5.75 Å². The number of rotatable bonds is 7. The van der Waals surface area contributed by atoms with Crippen molar-refractivity contribution in [2.24, 2.45) is 0 Å². The van der Waals surface area contributed by atoms with E-state index in [-0.39, 0.29) is 4.90 Å². The third kappa shape index (κ3) is 6.04. The largest absolute Gasteiger partial charge is 0.481 e. The predicted molar refractivity (Wildman–Crippen MR) is 109 cm³/mol. The fourth-order valence-electron chi connectivity index (χ4n) is 2.35. The van der Waals surface area contributed by atoms with Gasteiger partial charge in [0.2, 0.25) is 10.0 Å². The molecule has 0 radical (unpaired) electrons. The fraction of sp³-hybridized carbons (Fsp3) is 0.250. The Morgan fingerprint density at radius 2 is 1.83 bits per heavy atom. The Labute approximate surface area is 175 Å². The van der Waals surface area contributed by atoms with Gasteiger partial charge in [0.25, 0.3) is 11.8 Å². The Bertz CT molecular complexity index is 1060. The van der Waals surface area contributed by atoms with Crippen molar-refractivity contribution in [1.82, 2.24) is 15.2 Å². The van der Waals surface area contributed by atoms with E-state index in [1.165, 1.54) is 32.2 Å². The minimum Gasteiger partial charge on any atom is -0.481 e. The highest BCUT2D eigenvalue weighted by molar-refractivity contribution is 7.89. The molecule has 2 amide bonds. The second-order valence-corrected chi connectivity index (χ2v) is 8.56. The summed E-state index contributed by atoms with van der Waals surface area (Å²) >= 11 is 0. The molecule has 9 nitrogen and oxygen atoms in total. The Hall–Kier alpha value is -3.42. The highest BCUT2D eigenvalue weighted by Gasteiger charge is 2.23. The molecule has 0 fully saturated rings. The average molecular weight is 430 g/mol. The number of nitrogens with zero attached hydrogens (tertiary/aromatic N) is 2. The molecule has 2 N–H and O–H groups in total. The number of carbonyl (C=O) groups is 2. The minimum atomic E-state index is -3.84. The van der Waals surface area contributed by atoms with Crippen LogP contribution in [0.3, 0.4) is 0 Å². The van der Waals surface area contributed by atoms with Crippen molar-refractivity contribution in [3.05, 3.63) is 59.7 Å². The molecule has 1 unspecified atom stereocenters. The molecular weight excluding hydrogens is 408 g/mol. The SMILES string of the molecule is Cc1ccc(S(=O)(=O)N(C)CC(=O)NNC(=O)C(C)Oc2cccc(C#N)c2)cc1. The lowest BCUT2D eigenvalue weighted by molar-refractivity contribution is -0.132. The second-order valence-electron chi connectivity index (χ2n) is 6.51. The number of benzene rings is 2. The molecular formula is C20H22N4O5S. The summed E-state index contributed by atoms with van der Waals surface area (Å²) in [5, 5.41) is 8.89. The number of nitrogens with one attached hydrogen (secondary N) is 2. The van der Waals surface area contributed by atoms with Gasteiger partial charge in [-0.1, -0.05) is 23.8 Å². The average Bonchev–Trinajstić information content (AvgIpc) is 2.72. The van der Waals surface area contributed by atoms with Gasteiger partial charge in [-0.05, 0) is 44.2 Å². The van der Waals surface area contributed by atoms with E-state index in [0.29, 0.717) is 11.3 Å². The quantitative estimate of drug-likeness (QED) is 0.633. The number of nitriles is 1. The van der Waals surface area contributed by atoms with Gasteiger partial charge in [-0.2, -0.15) is 9.57 Å². The summed E-state index contributed by atoms with van der Waals surface area (Å²) in [6, 6.07) is 14.5. The van der Waals surface area contributed by atoms with Crippen LogP contribution in [0.25, 0.3) is 0 Å². The molecule has 0 aliphatic carbocycles. The first-order valence-corrected chi connectivity index (χ1v) is 10.4. The molecule has 1 atom stereocenters. The van der Waals surface area contributed by atoms with Gasteiger partial charge >= 0.3 is 0 Å². The number of hydrogen-bond donors (Lipinski definition) is 2. The van der Waals surface area contributed by atoms with Crippen molar-refractivity contribution in [2.75, 3.05) is 13.6 Å². The zero-order chi connectivity index (χ0) is 22.3. The molecule has 30 heavy (non-hydrogen) atoms. The molecule has 0 saturated heterocycles. The molecule has 2 aromatic rings. The third-order valence-corrected chi connectivity index (χ3v) is 5.88. The molecule has 0 spiro atoms. The summed E-state index contributed by atoms with van der Waals surface area (Å²) in [6.45, 7) is 2.81. The van der Waals surface area contributed by atoms with E-state index in [0.717, 1.165) is 9.87 Å². The predicted octanol–water partition coefficient (Wildman–Crippen LogP) is 1.10. The van der Waals surface area contributed by atoms with Crippen molar-refractivity contribution in [2.45, 2.75) is 24.8 Å². The van der Waals surface area contributed by atoms with Crippen LogP contribution >= 0.6 is 0 Å². The highest BCUT2D eigenvalue weighted by Crippen LogP contribution is 2.15. The number of ether oxygens (including phenoxy) is 1. The number of sulfonamides is 1. The van der Waals surface area contributed by atoms with Gasteiger partial charge in [-0.3, -0.25) is 20.4 Å². The van der Waals surface area contributed by atoms with Crippen LogP contribution in [0.2, 0.25) is 0 Å². The van der Waals surface area contributed by atoms with Gasteiger partial charge < -0.3 is 4.74 Å². The third-order valence-electron chi connectivity index (χ3n) is 4.07. The summed E-state index contributed by atoms with van der Waals surface area (Å²) in [5.74, 6) is -1.04. The number of likely N-dealkylation sites (N-methyl/N-ethyl adjacent to an activating group) is 1. The molecule has 0 heterocycles. The van der Waals surface area contributed by atoms with Crippen molar-refractivity contribution in [3.8, 4) is 11.8 Å². The Morgan fingerprint density at radius 3 is 2.47 bits per heavy atom. The molecule has 0 saturated carbocycles. The van der Waals surface area contributed by atoms with Gasteiger partial charge in [0.05, 0.1) is 23.1 Å². The van der Waals surface area contributed by atoms with Gasteiger partial charge in [0, 0.05) is 7.05 Å². The summed E-state index contributed by atoms with van der Waals surface area (Å²) in [6.07, 6.45) is -0.965. The molecule has 2 aromatic carbocycles. The summed E-state index contributed by atoms with van der Waals surface area (Å²) in [4.78, 5) is 24.2. The van der Waals surface area contributed by atoms with E-state index in [9.17, 15) is 18.0 Å². The van der Waals surface area contributed by atoms with Crippen LogP contribution in [-0.2, 0) is 19.6 Å². The standard InChI is InChI=1S/C20H22N4O5S/c1-14-7-9-18(10-8-14)30(27,28)24(3)13-19(25)22-23-20(26)15(2)29-17-6-4-5-16(11-17)12-21/h4-11,15H,13H2,1-3H3,(H,22,25)(H,23,26). The van der Waals surface area contributed by atoms with Gasteiger partial charge in [0.1, 0.15) is 5.75 Å². The normalized spacial score (nSPS) is 12.0. The first-order chi connectivity index (χ1) is 14.1. The van der Waals surface area contributed by atoms with Crippen LogP contribution in [0.4, 0.5) is 0 Å². The summed E-state index contributed by atoms with van der Waals surface area (Å²) in [5.41, 5.74) is 5.63. The van der Waals surface area contributed by atoms with Gasteiger partial charge in [-0.25, -0.2) is 8.42 Å². The van der Waals surface area contributed by atoms with Crippen LogP contribution in [0, 0.1) is 18.3 Å². The number of carbonyl (C=O) groups excluding carboxylic acids is 2. The molecule has 2 rings (SSSR count). The lowest BCUT2D eigenvalue weighted by Gasteiger charge is -2.18. The topological polar surface area (TPSA) is 129 Å². The molecule has 158 valence electrons. The lowest BCUT2D eigenvalue weighted by atomic mass is 10.2. The number of aryl methyl sites for hydroxylation is 1. The Morgan fingerprint density at radius 1 is 1.17 bits per heavy atom. The van der Waals surface area contributed by atoms with E-state index in [1.807, 2.05) is 13.0 Å². The van der Waals surface area contributed by atoms with Crippen molar-refractivity contribution in [1.29, 1.82) is 5.26 Å². The monoisotopic (exact) mass is 430 g/mol. The van der Waals surface area contributed by atoms with Crippen LogP contribution in [0.15, 0.2) is 53.4 Å². The maximum atomic E-state index is 12.5. The molecule has 0 aliphatic rings. The molecule has 0 aromatic heterocycles. The number of amides is 2. The highest BCUT2D eigenvalue weighted by atomic mass is 32.2. The van der Waals surface area contributed by atoms with E-state index < -0.39 is 34.5 Å².